The second kappa shape index (κ2) is 20.5. The first-order valence-electron chi connectivity index (χ1n) is 20.5. The van der Waals surface area contributed by atoms with Crippen molar-refractivity contribution in [2.75, 3.05) is 44.8 Å². The van der Waals surface area contributed by atoms with Crippen LogP contribution in [-0.4, -0.2) is 140 Å². The lowest BCUT2D eigenvalue weighted by Gasteiger charge is -2.22. The number of aliphatic hydroxyl groups is 1. The van der Waals surface area contributed by atoms with Crippen LogP contribution in [0, 0.1) is 5.41 Å². The molecule has 1 unspecified atom stereocenters. The number of nitrogens with two attached hydrogens (primary N) is 2. The summed E-state index contributed by atoms with van der Waals surface area (Å²) < 4.78 is 120. The molecule has 13 N–H and O–H groups in total. The number of anilines is 2. The van der Waals surface area contributed by atoms with Gasteiger partial charge >= 0.3 is 21.7 Å². The molecule has 30 nitrogen and oxygen atoms in total. The van der Waals surface area contributed by atoms with Crippen molar-refractivity contribution in [3.8, 4) is 22.5 Å². The predicted octanol–water partition coefficient (Wildman–Crippen LogP) is 0.730. The Morgan fingerprint density at radius 3 is 2.32 bits per heavy atom. The number of aliphatic hydroxyl groups excluding tert-OH is 1. The number of nitrogen functional groups attached to an aromatic ring is 2. The molecule has 0 spiro atoms. The van der Waals surface area contributed by atoms with Crippen molar-refractivity contribution in [3.63, 3.8) is 0 Å². The molecule has 2 aromatic carbocycles. The zero-order valence-corrected chi connectivity index (χ0v) is 40.2. The quantitative estimate of drug-likeness (QED) is 0.0186. The second-order valence-corrected chi connectivity index (χ2v) is 21.2. The number of alkyl carbamates (subject to hydrolysis) is 1. The van der Waals surface area contributed by atoms with Crippen molar-refractivity contribution < 1.29 is 92.0 Å². The SMILES string of the molecule is CN(CCCC(=O)NCCNC(=O)O[C@@H]1[C@H](O)[C@@H](COP(=O)(O)OP(=O)(O)O)O[C@H]1n1cnc2c(N)ncnc21)C(=O)c1ccccc1-c1c2ccc(=N)c(S(=O)(=O)O)c-2oc2c(S(=O)(=O)O)c(N)ccc12. The van der Waals surface area contributed by atoms with E-state index in [4.69, 9.17) is 40.6 Å². The Bertz CT molecular complexity index is 3480. The maximum atomic E-state index is 14.1. The van der Waals surface area contributed by atoms with E-state index in [1.807, 2.05) is 0 Å². The minimum Gasteiger partial charge on any atom is -0.453 e. The highest BCUT2D eigenvalue weighted by molar-refractivity contribution is 7.86. The number of ether oxygens (including phenoxy) is 2. The van der Waals surface area contributed by atoms with Gasteiger partial charge in [-0.25, -0.2) is 28.9 Å². The monoisotopic (exact) mass is 1080 g/mol. The normalized spacial score (nSPS) is 18.3. The zero-order valence-electron chi connectivity index (χ0n) is 36.8. The molecule has 0 saturated carbocycles. The van der Waals surface area contributed by atoms with Crippen LogP contribution in [0.1, 0.15) is 29.4 Å². The second-order valence-electron chi connectivity index (χ2n) is 15.6. The van der Waals surface area contributed by atoms with Crippen LogP contribution in [0.3, 0.4) is 0 Å². The van der Waals surface area contributed by atoms with Gasteiger partial charge in [0.05, 0.1) is 24.0 Å². The van der Waals surface area contributed by atoms with Crippen molar-refractivity contribution in [2.45, 2.75) is 47.2 Å². The Kier molecular flexibility index (Phi) is 15.2. The molecule has 386 valence electrons. The van der Waals surface area contributed by atoms with Gasteiger partial charge in [0.15, 0.2) is 44.9 Å². The van der Waals surface area contributed by atoms with E-state index < -0.39 is 117 Å². The van der Waals surface area contributed by atoms with Crippen molar-refractivity contribution in [3.05, 3.63) is 72.1 Å². The molecule has 0 bridgehead atoms. The van der Waals surface area contributed by atoms with Crippen LogP contribution >= 0.6 is 15.6 Å². The lowest BCUT2D eigenvalue weighted by atomic mass is 9.90. The van der Waals surface area contributed by atoms with Gasteiger partial charge in [0.1, 0.15) is 24.1 Å². The number of nitrogens with one attached hydrogen (secondary N) is 3. The summed E-state index contributed by atoms with van der Waals surface area (Å²) >= 11 is 0. The number of nitrogens with zero attached hydrogens (tertiary/aromatic N) is 5. The average Bonchev–Trinajstić information content (AvgIpc) is 3.85. The van der Waals surface area contributed by atoms with E-state index in [2.05, 4.69) is 34.4 Å². The van der Waals surface area contributed by atoms with Gasteiger partial charge in [-0.2, -0.15) is 21.1 Å². The largest absolute Gasteiger partial charge is 0.481 e. The van der Waals surface area contributed by atoms with E-state index in [-0.39, 0.29) is 77.1 Å². The van der Waals surface area contributed by atoms with Gasteiger partial charge in [-0.05, 0) is 42.3 Å². The Balaban J connectivity index is 0.986. The number of carbonyl (C=O) groups is 3. The molecule has 1 saturated heterocycles. The molecule has 72 heavy (non-hydrogen) atoms. The first-order chi connectivity index (χ1) is 33.7. The highest BCUT2D eigenvalue weighted by Crippen LogP contribution is 2.58. The van der Waals surface area contributed by atoms with E-state index in [1.165, 1.54) is 52.9 Å². The first kappa shape index (κ1) is 53.3. The number of carbonyl (C=O) groups excluding carboxylic acids is 3. The molecule has 1 fully saturated rings. The van der Waals surface area contributed by atoms with Gasteiger partial charge in [0.2, 0.25) is 5.91 Å². The molecule has 1 aliphatic carbocycles. The number of imidazole rings is 1. The number of hydrogen-bond acceptors (Lipinski definition) is 21. The molecular weight excluding hydrogens is 1040 g/mol. The zero-order chi connectivity index (χ0) is 52.7. The van der Waals surface area contributed by atoms with Crippen LogP contribution in [0.15, 0.2) is 75.4 Å². The van der Waals surface area contributed by atoms with Crippen molar-refractivity contribution in [2.24, 2.45) is 0 Å². The molecule has 3 amide bonds. The van der Waals surface area contributed by atoms with Gasteiger partial charge < -0.3 is 60.7 Å². The minimum atomic E-state index is -5.50. The number of benzene rings is 3. The van der Waals surface area contributed by atoms with Gasteiger partial charge in [0.25, 0.3) is 26.1 Å². The summed E-state index contributed by atoms with van der Waals surface area (Å²) in [6, 6.07) is 10.7. The van der Waals surface area contributed by atoms with Gasteiger partial charge in [-0.15, -0.1) is 0 Å². The number of hydrogen-bond donors (Lipinski definition) is 11. The van der Waals surface area contributed by atoms with Gasteiger partial charge in [0, 0.05) is 55.2 Å². The molecule has 2 aromatic heterocycles. The lowest BCUT2D eigenvalue weighted by Crippen LogP contribution is -2.41. The lowest BCUT2D eigenvalue weighted by molar-refractivity contribution is -0.121. The maximum absolute atomic E-state index is 14.1. The third kappa shape index (κ3) is 11.6. The number of phosphoric acid groups is 2. The number of amides is 3. The summed E-state index contributed by atoms with van der Waals surface area (Å²) in [5, 5.41) is 23.5. The first-order valence-corrected chi connectivity index (χ1v) is 26.5. The summed E-state index contributed by atoms with van der Waals surface area (Å²) in [5.41, 5.74) is 10.8. The van der Waals surface area contributed by atoms with Gasteiger partial charge in [-0.3, -0.25) is 33.2 Å². The number of fused-ring (bicyclic) bond motifs is 3. The Morgan fingerprint density at radius 2 is 1.62 bits per heavy atom. The molecular formula is C38H42N10O20P2S2. The van der Waals surface area contributed by atoms with E-state index in [0.29, 0.717) is 0 Å². The van der Waals surface area contributed by atoms with Crippen LogP contribution in [0.25, 0.3) is 44.6 Å². The van der Waals surface area contributed by atoms with E-state index >= 15 is 0 Å². The van der Waals surface area contributed by atoms with Crippen LogP contribution in [-0.2, 0) is 52.5 Å². The highest BCUT2D eigenvalue weighted by atomic mass is 32.2. The van der Waals surface area contributed by atoms with Crippen molar-refractivity contribution in [1.29, 1.82) is 5.41 Å². The van der Waals surface area contributed by atoms with Gasteiger partial charge in [-0.1, -0.05) is 18.2 Å². The van der Waals surface area contributed by atoms with E-state index in [1.54, 1.807) is 0 Å². The fourth-order valence-corrected chi connectivity index (χ4v) is 10.8. The third-order valence-electron chi connectivity index (χ3n) is 10.7. The third-order valence-corrected chi connectivity index (χ3v) is 14.7. The van der Waals surface area contributed by atoms with E-state index in [0.717, 1.165) is 24.8 Å². The average molecular weight is 1080 g/mol. The molecule has 4 aromatic rings. The van der Waals surface area contributed by atoms with Crippen molar-refractivity contribution >= 4 is 87.4 Å². The minimum absolute atomic E-state index is 0.00236. The van der Waals surface area contributed by atoms with Crippen LogP contribution in [0.5, 0.6) is 0 Å². The standard InChI is InChI=1S/C38H42N10O20P2S2/c1-47(36(51)19-6-3-2-5-18(19)26-20-8-10-22(39)32(71(58,59)60)29(20)66-30-21(26)9-11-23(40)33(30)72(61,62)63)14-4-7-25(49)42-12-13-43-38(52)67-31-28(50)24(15-64-70(56,57)68-69(53,54)55)65-37(31)48-17-46-27-34(41)44-16-45-35(27)48/h2-3,5-6,8-11,16-17,24,28,31,37,39,50H,4,7,12-15,40H2,1H3,(H,42,49)(H,43,52)(H,56,57)(H2,41,44,45)(H2,53,54,55)(H,58,59,60)(H,61,62,63)/t24-,28-,31-,37-/m1/s1. The summed E-state index contributed by atoms with van der Waals surface area (Å²) in [6.07, 6.45) is -5.40. The highest BCUT2D eigenvalue weighted by Gasteiger charge is 2.49. The molecule has 34 heteroatoms. The summed E-state index contributed by atoms with van der Waals surface area (Å²) in [7, 11) is -19.8. The Hall–Kier alpha value is -6.51. The fourth-order valence-electron chi connectivity index (χ4n) is 7.68. The van der Waals surface area contributed by atoms with Crippen molar-refractivity contribution in [1.82, 2.24) is 35.1 Å². The summed E-state index contributed by atoms with van der Waals surface area (Å²) in [5.74, 6) is -1.84. The Labute approximate surface area is 405 Å². The molecule has 7 rings (SSSR count). The smallest absolute Gasteiger partial charge is 0.453 e. The topological polar surface area (TPSA) is 472 Å². The summed E-state index contributed by atoms with van der Waals surface area (Å²) in [6.45, 7) is -1.39. The van der Waals surface area contributed by atoms with E-state index in [9.17, 15) is 59.5 Å². The molecule has 4 heterocycles. The molecule has 2 aliphatic heterocycles. The number of phosphoric ester groups is 1. The number of rotatable bonds is 18. The number of aromatic nitrogens is 4. The predicted molar refractivity (Wildman–Crippen MR) is 244 cm³/mol. The maximum Gasteiger partial charge on any atom is 0.481 e. The summed E-state index contributed by atoms with van der Waals surface area (Å²) in [4.78, 5) is 78.8. The van der Waals surface area contributed by atoms with Crippen LogP contribution in [0.4, 0.5) is 16.3 Å². The molecule has 0 radical (unpaired) electrons. The molecule has 5 atom stereocenters. The fraction of sp³-hybridized carbons (Fsp3) is 0.289. The molecule has 3 aliphatic rings. The van der Waals surface area contributed by atoms with Crippen LogP contribution in [0.2, 0.25) is 0 Å². The Morgan fingerprint density at radius 1 is 0.931 bits per heavy atom. The van der Waals surface area contributed by atoms with Crippen LogP contribution < -0.4 is 27.5 Å².